The fourth-order valence-electron chi connectivity index (χ4n) is 1.45. The number of halogens is 2. The van der Waals surface area contributed by atoms with Gasteiger partial charge in [-0.1, -0.05) is 0 Å². The van der Waals surface area contributed by atoms with Crippen LogP contribution in [0.1, 0.15) is 44.2 Å². The van der Waals surface area contributed by atoms with Crippen molar-refractivity contribution in [3.63, 3.8) is 0 Å². The van der Waals surface area contributed by atoms with Gasteiger partial charge in [0.25, 0.3) is 5.91 Å². The van der Waals surface area contributed by atoms with Crippen LogP contribution in [0.5, 0.6) is 0 Å². The fourth-order valence-corrected chi connectivity index (χ4v) is 1.89. The van der Waals surface area contributed by atoms with Crippen LogP contribution in [0, 0.1) is 0 Å². The second kappa shape index (κ2) is 6.59. The van der Waals surface area contributed by atoms with Crippen molar-refractivity contribution in [1.29, 1.82) is 0 Å². The van der Waals surface area contributed by atoms with Crippen LogP contribution in [0.4, 0.5) is 0 Å². The smallest absolute Gasteiger partial charge is 0.268 e. The number of nitrogens with zero attached hydrogens (tertiary/aromatic N) is 1. The SMILES string of the molecule is CC(C)n1cc(Br)cc1C(=O)NCC(C)(C)N.Cl. The molecule has 1 aromatic heterocycles. The molecule has 0 aliphatic rings. The lowest BCUT2D eigenvalue weighted by Gasteiger charge is -2.19. The summed E-state index contributed by atoms with van der Waals surface area (Å²) in [7, 11) is 0. The largest absolute Gasteiger partial charge is 0.349 e. The number of carbonyl (C=O) groups is 1. The Balaban J connectivity index is 0.00000289. The Morgan fingerprint density at radius 1 is 1.56 bits per heavy atom. The fraction of sp³-hybridized carbons (Fsp3) is 0.583. The maximum absolute atomic E-state index is 12.0. The molecular weight excluding hydrogens is 318 g/mol. The van der Waals surface area contributed by atoms with Crippen molar-refractivity contribution in [1.82, 2.24) is 9.88 Å². The van der Waals surface area contributed by atoms with Crippen molar-refractivity contribution in [3.05, 3.63) is 22.4 Å². The Labute approximate surface area is 123 Å². The zero-order chi connectivity index (χ0) is 13.2. The summed E-state index contributed by atoms with van der Waals surface area (Å²) in [6, 6.07) is 2.06. The number of amides is 1. The Bertz CT molecular complexity index is 410. The number of carbonyl (C=O) groups excluding carboxylic acids is 1. The quantitative estimate of drug-likeness (QED) is 0.887. The zero-order valence-electron chi connectivity index (χ0n) is 11.2. The normalized spacial score (nSPS) is 11.3. The summed E-state index contributed by atoms with van der Waals surface area (Å²) in [5.41, 5.74) is 6.08. The van der Waals surface area contributed by atoms with Gasteiger partial charge in [-0.15, -0.1) is 12.4 Å². The number of rotatable bonds is 4. The highest BCUT2D eigenvalue weighted by molar-refractivity contribution is 9.10. The molecule has 0 unspecified atom stereocenters. The van der Waals surface area contributed by atoms with Gasteiger partial charge in [-0.05, 0) is 49.7 Å². The predicted octanol–water partition coefficient (Wildman–Crippen LogP) is 2.72. The summed E-state index contributed by atoms with van der Waals surface area (Å²) in [5, 5.41) is 2.84. The lowest BCUT2D eigenvalue weighted by atomic mass is 10.1. The molecule has 0 aliphatic carbocycles. The van der Waals surface area contributed by atoms with E-state index < -0.39 is 5.54 Å². The molecule has 1 rings (SSSR count). The number of nitrogens with one attached hydrogen (secondary N) is 1. The molecule has 0 aromatic carbocycles. The lowest BCUT2D eigenvalue weighted by Crippen LogP contribution is -2.45. The first kappa shape index (κ1) is 17.5. The molecule has 0 fully saturated rings. The van der Waals surface area contributed by atoms with Gasteiger partial charge in [0.1, 0.15) is 5.69 Å². The summed E-state index contributed by atoms with van der Waals surface area (Å²) in [4.78, 5) is 12.0. The van der Waals surface area contributed by atoms with Crippen molar-refractivity contribution in [2.45, 2.75) is 39.3 Å². The standard InChI is InChI=1S/C12H20BrN3O.ClH/c1-8(2)16-6-9(13)5-10(16)11(17)15-7-12(3,4)14;/h5-6,8H,7,14H2,1-4H3,(H,15,17);1H. The third-order valence-electron chi connectivity index (χ3n) is 2.31. The first-order valence-corrected chi connectivity index (χ1v) is 6.44. The molecule has 0 aliphatic heterocycles. The highest BCUT2D eigenvalue weighted by atomic mass is 79.9. The van der Waals surface area contributed by atoms with E-state index in [1.807, 2.05) is 44.5 Å². The molecule has 18 heavy (non-hydrogen) atoms. The maximum Gasteiger partial charge on any atom is 0.268 e. The van der Waals surface area contributed by atoms with E-state index in [1.54, 1.807) is 0 Å². The van der Waals surface area contributed by atoms with Crippen molar-refractivity contribution in [3.8, 4) is 0 Å². The number of hydrogen-bond donors (Lipinski definition) is 2. The molecule has 1 amide bonds. The van der Waals surface area contributed by atoms with Crippen LogP contribution in [-0.4, -0.2) is 22.6 Å². The molecule has 0 bridgehead atoms. The highest BCUT2D eigenvalue weighted by Crippen LogP contribution is 2.19. The van der Waals surface area contributed by atoms with E-state index in [4.69, 9.17) is 5.73 Å². The van der Waals surface area contributed by atoms with E-state index in [9.17, 15) is 4.79 Å². The van der Waals surface area contributed by atoms with E-state index in [1.165, 1.54) is 0 Å². The maximum atomic E-state index is 12.0. The Morgan fingerprint density at radius 2 is 2.11 bits per heavy atom. The van der Waals surface area contributed by atoms with Crippen LogP contribution in [0.25, 0.3) is 0 Å². The van der Waals surface area contributed by atoms with Crippen molar-refractivity contribution >= 4 is 34.2 Å². The minimum absolute atomic E-state index is 0. The Hall–Kier alpha value is -0.520. The summed E-state index contributed by atoms with van der Waals surface area (Å²) < 4.78 is 2.84. The Kier molecular flexibility index (Phi) is 6.40. The van der Waals surface area contributed by atoms with E-state index in [-0.39, 0.29) is 24.4 Å². The molecule has 3 N–H and O–H groups in total. The van der Waals surface area contributed by atoms with E-state index >= 15 is 0 Å². The summed E-state index contributed by atoms with van der Waals surface area (Å²) in [6.45, 7) is 8.29. The van der Waals surface area contributed by atoms with Gasteiger partial charge in [-0.3, -0.25) is 4.79 Å². The highest BCUT2D eigenvalue weighted by Gasteiger charge is 2.17. The molecule has 0 saturated carbocycles. The topological polar surface area (TPSA) is 60.0 Å². The van der Waals surface area contributed by atoms with E-state index in [0.29, 0.717) is 12.2 Å². The third kappa shape index (κ3) is 5.00. The number of nitrogens with two attached hydrogens (primary N) is 1. The molecule has 4 nitrogen and oxygen atoms in total. The van der Waals surface area contributed by atoms with Crippen LogP contribution in [-0.2, 0) is 0 Å². The summed E-state index contributed by atoms with van der Waals surface area (Å²) in [6.07, 6.45) is 1.91. The second-order valence-corrected chi connectivity index (χ2v) is 6.13. The molecule has 6 heteroatoms. The Morgan fingerprint density at radius 3 is 2.56 bits per heavy atom. The van der Waals surface area contributed by atoms with Crippen molar-refractivity contribution in [2.24, 2.45) is 5.73 Å². The first-order valence-electron chi connectivity index (χ1n) is 5.65. The van der Waals surface area contributed by atoms with Crippen LogP contribution in [0.3, 0.4) is 0 Å². The monoisotopic (exact) mass is 337 g/mol. The van der Waals surface area contributed by atoms with Gasteiger partial charge in [0.2, 0.25) is 0 Å². The van der Waals surface area contributed by atoms with Gasteiger partial charge in [0, 0.05) is 28.8 Å². The predicted molar refractivity (Wildman–Crippen MR) is 80.4 cm³/mol. The van der Waals surface area contributed by atoms with Gasteiger partial charge >= 0.3 is 0 Å². The molecule has 104 valence electrons. The van der Waals surface area contributed by atoms with Gasteiger partial charge in [-0.2, -0.15) is 0 Å². The van der Waals surface area contributed by atoms with E-state index in [2.05, 4.69) is 21.2 Å². The number of hydrogen-bond acceptors (Lipinski definition) is 2. The molecule has 0 radical (unpaired) electrons. The lowest BCUT2D eigenvalue weighted by molar-refractivity contribution is 0.0935. The molecular formula is C12H21BrClN3O. The average molecular weight is 339 g/mol. The minimum atomic E-state index is -0.401. The van der Waals surface area contributed by atoms with E-state index in [0.717, 1.165) is 4.47 Å². The van der Waals surface area contributed by atoms with Gasteiger partial charge in [0.15, 0.2) is 0 Å². The van der Waals surface area contributed by atoms with Crippen LogP contribution >= 0.6 is 28.3 Å². The van der Waals surface area contributed by atoms with Crippen LogP contribution in [0.15, 0.2) is 16.7 Å². The van der Waals surface area contributed by atoms with Crippen molar-refractivity contribution in [2.75, 3.05) is 6.54 Å². The molecule has 1 heterocycles. The molecule has 0 saturated heterocycles. The molecule has 0 spiro atoms. The zero-order valence-corrected chi connectivity index (χ0v) is 13.6. The van der Waals surface area contributed by atoms with Crippen LogP contribution in [0.2, 0.25) is 0 Å². The third-order valence-corrected chi connectivity index (χ3v) is 2.74. The van der Waals surface area contributed by atoms with Gasteiger partial charge in [0.05, 0.1) is 0 Å². The summed E-state index contributed by atoms with van der Waals surface area (Å²) in [5.74, 6) is -0.0945. The summed E-state index contributed by atoms with van der Waals surface area (Å²) >= 11 is 3.38. The molecule has 1 aromatic rings. The number of aromatic nitrogens is 1. The molecule has 0 atom stereocenters. The van der Waals surface area contributed by atoms with Crippen molar-refractivity contribution < 1.29 is 4.79 Å². The van der Waals surface area contributed by atoms with Crippen LogP contribution < -0.4 is 11.1 Å². The van der Waals surface area contributed by atoms with Gasteiger partial charge in [-0.25, -0.2) is 0 Å². The average Bonchev–Trinajstić information content (AvgIpc) is 2.55. The van der Waals surface area contributed by atoms with Gasteiger partial charge < -0.3 is 15.6 Å². The second-order valence-electron chi connectivity index (χ2n) is 5.22. The minimum Gasteiger partial charge on any atom is -0.349 e. The first-order chi connectivity index (χ1) is 7.70.